The molecule has 2 aromatic rings. The Morgan fingerprint density at radius 3 is 2.65 bits per heavy atom. The van der Waals surface area contributed by atoms with Gasteiger partial charge >= 0.3 is 0 Å². The fourth-order valence-electron chi connectivity index (χ4n) is 2.34. The highest BCUT2D eigenvalue weighted by Crippen LogP contribution is 2.27. The molecule has 2 N–H and O–H groups in total. The van der Waals surface area contributed by atoms with Gasteiger partial charge in [-0.1, -0.05) is 0 Å². The van der Waals surface area contributed by atoms with Gasteiger partial charge in [0.25, 0.3) is 0 Å². The molecule has 17 heavy (non-hydrogen) atoms. The SMILES string of the molecule is COc1ccc2cc(CCN)n(C(C)C)c2c1. The number of ether oxygens (including phenoxy) is 1. The maximum Gasteiger partial charge on any atom is 0.120 e. The predicted octanol–water partition coefficient (Wildman–Crippen LogP) is 2.73. The molecule has 2 rings (SSSR count). The van der Waals surface area contributed by atoms with E-state index >= 15 is 0 Å². The normalized spacial score (nSPS) is 11.4. The van der Waals surface area contributed by atoms with E-state index in [9.17, 15) is 0 Å². The molecule has 0 saturated carbocycles. The van der Waals surface area contributed by atoms with Crippen molar-refractivity contribution in [2.24, 2.45) is 5.73 Å². The third kappa shape index (κ3) is 2.15. The van der Waals surface area contributed by atoms with Gasteiger partial charge in [-0.3, -0.25) is 0 Å². The molecule has 0 fully saturated rings. The number of benzene rings is 1. The van der Waals surface area contributed by atoms with Gasteiger partial charge in [0.2, 0.25) is 0 Å². The summed E-state index contributed by atoms with van der Waals surface area (Å²) in [6.07, 6.45) is 0.912. The zero-order valence-corrected chi connectivity index (χ0v) is 10.7. The predicted molar refractivity (Wildman–Crippen MR) is 71.6 cm³/mol. The number of hydrogen-bond acceptors (Lipinski definition) is 2. The average Bonchev–Trinajstić information content (AvgIpc) is 2.66. The van der Waals surface area contributed by atoms with Crippen LogP contribution in [-0.2, 0) is 6.42 Å². The number of fused-ring (bicyclic) bond motifs is 1. The first-order chi connectivity index (χ1) is 8.17. The minimum atomic E-state index is 0.432. The molecule has 0 spiro atoms. The van der Waals surface area contributed by atoms with Crippen LogP contribution in [0.15, 0.2) is 24.3 Å². The van der Waals surface area contributed by atoms with E-state index in [2.05, 4.69) is 36.6 Å². The maximum absolute atomic E-state index is 5.67. The van der Waals surface area contributed by atoms with E-state index in [-0.39, 0.29) is 0 Å². The maximum atomic E-state index is 5.67. The molecular formula is C14H20N2O. The summed E-state index contributed by atoms with van der Waals surface area (Å²) in [6.45, 7) is 5.07. The van der Waals surface area contributed by atoms with Gasteiger partial charge in [-0.2, -0.15) is 0 Å². The lowest BCUT2D eigenvalue weighted by Crippen LogP contribution is -2.10. The number of rotatable bonds is 4. The second kappa shape index (κ2) is 4.80. The van der Waals surface area contributed by atoms with Crippen molar-refractivity contribution in [3.05, 3.63) is 30.0 Å². The van der Waals surface area contributed by atoms with E-state index in [1.54, 1.807) is 7.11 Å². The summed E-state index contributed by atoms with van der Waals surface area (Å²) in [7, 11) is 1.70. The number of nitrogens with two attached hydrogens (primary N) is 1. The van der Waals surface area contributed by atoms with Gasteiger partial charge in [0, 0.05) is 23.2 Å². The van der Waals surface area contributed by atoms with Gasteiger partial charge < -0.3 is 15.0 Å². The van der Waals surface area contributed by atoms with Crippen LogP contribution in [0.2, 0.25) is 0 Å². The van der Waals surface area contributed by atoms with Gasteiger partial charge in [0.1, 0.15) is 5.75 Å². The summed E-state index contributed by atoms with van der Waals surface area (Å²) in [5.41, 5.74) is 8.19. The third-order valence-corrected chi connectivity index (χ3v) is 3.05. The van der Waals surface area contributed by atoms with E-state index in [1.807, 2.05) is 6.07 Å². The van der Waals surface area contributed by atoms with E-state index in [0.29, 0.717) is 12.6 Å². The third-order valence-electron chi connectivity index (χ3n) is 3.05. The number of methoxy groups -OCH3 is 1. The molecule has 0 aliphatic carbocycles. The Balaban J connectivity index is 2.63. The van der Waals surface area contributed by atoms with Crippen LogP contribution in [0.3, 0.4) is 0 Å². The van der Waals surface area contributed by atoms with Crippen molar-refractivity contribution in [3.8, 4) is 5.75 Å². The van der Waals surface area contributed by atoms with Gasteiger partial charge in [-0.05, 0) is 45.0 Å². The highest BCUT2D eigenvalue weighted by atomic mass is 16.5. The summed E-state index contributed by atoms with van der Waals surface area (Å²) >= 11 is 0. The minimum absolute atomic E-state index is 0.432. The average molecular weight is 232 g/mol. The summed E-state index contributed by atoms with van der Waals surface area (Å²) in [5, 5.41) is 1.25. The summed E-state index contributed by atoms with van der Waals surface area (Å²) in [5.74, 6) is 0.900. The molecule has 0 aliphatic rings. The molecule has 0 radical (unpaired) electrons. The van der Waals surface area contributed by atoms with Crippen molar-refractivity contribution in [3.63, 3.8) is 0 Å². The van der Waals surface area contributed by atoms with E-state index in [1.165, 1.54) is 16.6 Å². The fraction of sp³-hybridized carbons (Fsp3) is 0.429. The zero-order valence-electron chi connectivity index (χ0n) is 10.7. The lowest BCUT2D eigenvalue weighted by molar-refractivity contribution is 0.415. The van der Waals surface area contributed by atoms with Gasteiger partial charge in [-0.25, -0.2) is 0 Å². The first-order valence-electron chi connectivity index (χ1n) is 6.05. The van der Waals surface area contributed by atoms with Crippen LogP contribution in [-0.4, -0.2) is 18.2 Å². The highest BCUT2D eigenvalue weighted by molar-refractivity contribution is 5.83. The quantitative estimate of drug-likeness (QED) is 0.880. The largest absolute Gasteiger partial charge is 0.497 e. The standard InChI is InChI=1S/C14H20N2O/c1-10(2)16-12(6-7-15)8-11-4-5-13(17-3)9-14(11)16/h4-5,8-10H,6-7,15H2,1-3H3. The number of hydrogen-bond donors (Lipinski definition) is 1. The van der Waals surface area contributed by atoms with Crippen LogP contribution < -0.4 is 10.5 Å². The molecule has 92 valence electrons. The molecule has 1 aromatic heterocycles. The molecule has 0 saturated heterocycles. The molecule has 1 heterocycles. The van der Waals surface area contributed by atoms with Crippen LogP contribution in [0.25, 0.3) is 10.9 Å². The van der Waals surface area contributed by atoms with Crippen LogP contribution in [0.1, 0.15) is 25.6 Å². The summed E-state index contributed by atoms with van der Waals surface area (Å²) in [6, 6.07) is 8.85. The smallest absolute Gasteiger partial charge is 0.120 e. The first kappa shape index (κ1) is 12.0. The second-order valence-corrected chi connectivity index (χ2v) is 4.56. The van der Waals surface area contributed by atoms with Crippen molar-refractivity contribution in [2.75, 3.05) is 13.7 Å². The molecule has 0 aliphatic heterocycles. The molecule has 0 amide bonds. The summed E-state index contributed by atoms with van der Waals surface area (Å²) < 4.78 is 7.63. The van der Waals surface area contributed by atoms with Crippen molar-refractivity contribution >= 4 is 10.9 Å². The Hall–Kier alpha value is -1.48. The monoisotopic (exact) mass is 232 g/mol. The van der Waals surface area contributed by atoms with Crippen LogP contribution in [0.4, 0.5) is 0 Å². The Labute approximate surface area is 102 Å². The Kier molecular flexibility index (Phi) is 3.38. The topological polar surface area (TPSA) is 40.2 Å². The molecular weight excluding hydrogens is 212 g/mol. The highest BCUT2D eigenvalue weighted by Gasteiger charge is 2.11. The van der Waals surface area contributed by atoms with Crippen molar-refractivity contribution in [2.45, 2.75) is 26.3 Å². The Morgan fingerprint density at radius 2 is 2.06 bits per heavy atom. The molecule has 0 bridgehead atoms. The van der Waals surface area contributed by atoms with Crippen molar-refractivity contribution in [1.29, 1.82) is 0 Å². The summed E-state index contributed by atoms with van der Waals surface area (Å²) in [4.78, 5) is 0. The molecule has 3 heteroatoms. The van der Waals surface area contributed by atoms with Crippen LogP contribution in [0, 0.1) is 0 Å². The second-order valence-electron chi connectivity index (χ2n) is 4.56. The zero-order chi connectivity index (χ0) is 12.4. The van der Waals surface area contributed by atoms with Gasteiger partial charge in [0.05, 0.1) is 12.6 Å². The minimum Gasteiger partial charge on any atom is -0.497 e. The molecule has 3 nitrogen and oxygen atoms in total. The fourth-order valence-corrected chi connectivity index (χ4v) is 2.34. The molecule has 1 aromatic carbocycles. The molecule has 0 unspecified atom stereocenters. The first-order valence-corrected chi connectivity index (χ1v) is 6.05. The Morgan fingerprint density at radius 1 is 1.29 bits per heavy atom. The van der Waals surface area contributed by atoms with Gasteiger partial charge in [0.15, 0.2) is 0 Å². The van der Waals surface area contributed by atoms with Crippen LogP contribution >= 0.6 is 0 Å². The van der Waals surface area contributed by atoms with E-state index < -0.39 is 0 Å². The van der Waals surface area contributed by atoms with Crippen molar-refractivity contribution < 1.29 is 4.74 Å². The Bertz CT molecular complexity index is 514. The lowest BCUT2D eigenvalue weighted by atomic mass is 10.2. The van der Waals surface area contributed by atoms with Gasteiger partial charge in [-0.15, -0.1) is 0 Å². The van der Waals surface area contributed by atoms with E-state index in [4.69, 9.17) is 10.5 Å². The number of nitrogens with zero attached hydrogens (tertiary/aromatic N) is 1. The molecule has 0 atom stereocenters. The van der Waals surface area contributed by atoms with Crippen LogP contribution in [0.5, 0.6) is 5.75 Å². The van der Waals surface area contributed by atoms with E-state index in [0.717, 1.165) is 12.2 Å². The number of aromatic nitrogens is 1. The lowest BCUT2D eigenvalue weighted by Gasteiger charge is -2.14. The van der Waals surface area contributed by atoms with Crippen molar-refractivity contribution in [1.82, 2.24) is 4.57 Å².